The molecule has 0 spiro atoms. The van der Waals surface area contributed by atoms with Crippen molar-refractivity contribution in [2.45, 2.75) is 13.0 Å². The molecule has 1 atom stereocenters. The summed E-state index contributed by atoms with van der Waals surface area (Å²) in [7, 11) is 0. The van der Waals surface area contributed by atoms with Gasteiger partial charge in [0, 0.05) is 32.7 Å². The highest BCUT2D eigenvalue weighted by molar-refractivity contribution is 6.32. The first-order valence-electron chi connectivity index (χ1n) is 7.91. The average molecular weight is 350 g/mol. The Hall–Kier alpha value is -1.96. The minimum Gasteiger partial charge on any atom is -0.392 e. The van der Waals surface area contributed by atoms with Crippen LogP contribution in [0.2, 0.25) is 5.02 Å². The predicted molar refractivity (Wildman–Crippen MR) is 90.4 cm³/mol. The van der Waals surface area contributed by atoms with E-state index in [1.54, 1.807) is 24.0 Å². The Balaban J connectivity index is 1.74. The van der Waals surface area contributed by atoms with Crippen LogP contribution in [-0.4, -0.2) is 74.6 Å². The highest BCUT2D eigenvalue weighted by Crippen LogP contribution is 2.21. The van der Waals surface area contributed by atoms with E-state index in [0.29, 0.717) is 36.0 Å². The molecule has 1 aliphatic heterocycles. The number of para-hydroxylation sites is 1. The molecule has 1 aliphatic rings. The Morgan fingerprint density at radius 3 is 2.67 bits per heavy atom. The zero-order chi connectivity index (χ0) is 17.1. The molecule has 0 unspecified atom stereocenters. The molecule has 7 nitrogen and oxygen atoms in total. The molecule has 0 saturated carbocycles. The van der Waals surface area contributed by atoms with E-state index in [1.165, 1.54) is 10.9 Å². The zero-order valence-electron chi connectivity index (χ0n) is 13.5. The molecule has 1 aromatic carbocycles. The number of aromatic nitrogens is 3. The first-order chi connectivity index (χ1) is 11.6. The summed E-state index contributed by atoms with van der Waals surface area (Å²) in [4.78, 5) is 16.7. The van der Waals surface area contributed by atoms with Crippen LogP contribution in [0.5, 0.6) is 0 Å². The molecule has 3 rings (SSSR count). The molecule has 1 amide bonds. The number of piperazine rings is 1. The Morgan fingerprint density at radius 1 is 1.29 bits per heavy atom. The Morgan fingerprint density at radius 2 is 2.00 bits per heavy atom. The maximum Gasteiger partial charge on any atom is 0.274 e. The third kappa shape index (κ3) is 3.58. The van der Waals surface area contributed by atoms with Gasteiger partial charge in [-0.15, -0.1) is 5.10 Å². The molecule has 0 bridgehead atoms. The second-order valence-corrected chi connectivity index (χ2v) is 6.33. The second-order valence-electron chi connectivity index (χ2n) is 5.92. The van der Waals surface area contributed by atoms with E-state index >= 15 is 0 Å². The molecule has 8 heteroatoms. The van der Waals surface area contributed by atoms with Crippen LogP contribution in [-0.2, 0) is 0 Å². The number of aliphatic hydroxyl groups excluding tert-OH is 1. The maximum atomic E-state index is 12.8. The number of β-amino-alcohol motifs (C(OH)–C–C–N with tert-alkyl or cyclic N) is 1. The van der Waals surface area contributed by atoms with Gasteiger partial charge in [0.2, 0.25) is 0 Å². The van der Waals surface area contributed by atoms with Gasteiger partial charge >= 0.3 is 0 Å². The van der Waals surface area contributed by atoms with Crippen molar-refractivity contribution in [1.29, 1.82) is 0 Å². The fraction of sp³-hybridized carbons (Fsp3) is 0.438. The average Bonchev–Trinajstić information content (AvgIpc) is 3.04. The van der Waals surface area contributed by atoms with Crippen LogP contribution in [0.1, 0.15) is 17.4 Å². The lowest BCUT2D eigenvalue weighted by atomic mass is 10.2. The fourth-order valence-electron chi connectivity index (χ4n) is 2.85. The van der Waals surface area contributed by atoms with Crippen molar-refractivity contribution in [3.05, 3.63) is 41.2 Å². The lowest BCUT2D eigenvalue weighted by molar-refractivity contribution is 0.0546. The van der Waals surface area contributed by atoms with E-state index in [-0.39, 0.29) is 12.0 Å². The highest BCUT2D eigenvalue weighted by Gasteiger charge is 2.26. The highest BCUT2D eigenvalue weighted by atomic mass is 35.5. The van der Waals surface area contributed by atoms with Gasteiger partial charge in [0.15, 0.2) is 5.69 Å². The van der Waals surface area contributed by atoms with Crippen molar-refractivity contribution in [2.24, 2.45) is 0 Å². The number of benzene rings is 1. The Bertz CT molecular complexity index is 710. The summed E-state index contributed by atoms with van der Waals surface area (Å²) in [6, 6.07) is 7.22. The van der Waals surface area contributed by atoms with Crippen molar-refractivity contribution >= 4 is 17.5 Å². The summed E-state index contributed by atoms with van der Waals surface area (Å²) in [6.45, 7) is 5.10. The number of carbonyl (C=O) groups excluding carboxylic acids is 1. The van der Waals surface area contributed by atoms with Crippen LogP contribution >= 0.6 is 11.6 Å². The molecule has 1 saturated heterocycles. The van der Waals surface area contributed by atoms with Crippen molar-refractivity contribution in [2.75, 3.05) is 32.7 Å². The lowest BCUT2D eigenvalue weighted by Crippen LogP contribution is -2.50. The molecule has 24 heavy (non-hydrogen) atoms. The monoisotopic (exact) mass is 349 g/mol. The number of hydrogen-bond acceptors (Lipinski definition) is 5. The summed E-state index contributed by atoms with van der Waals surface area (Å²) in [5.41, 5.74) is 1.03. The van der Waals surface area contributed by atoms with Crippen LogP contribution in [0.3, 0.4) is 0 Å². The minimum absolute atomic E-state index is 0.114. The van der Waals surface area contributed by atoms with E-state index < -0.39 is 0 Å². The van der Waals surface area contributed by atoms with Gasteiger partial charge < -0.3 is 10.0 Å². The molecular formula is C16H20ClN5O2. The fourth-order valence-corrected chi connectivity index (χ4v) is 3.07. The van der Waals surface area contributed by atoms with Gasteiger partial charge in [0.25, 0.3) is 5.91 Å². The quantitative estimate of drug-likeness (QED) is 0.893. The number of rotatable bonds is 4. The third-order valence-electron chi connectivity index (χ3n) is 4.03. The molecule has 128 valence electrons. The number of carbonyl (C=O) groups is 1. The number of aliphatic hydroxyl groups is 1. The number of amides is 1. The first-order valence-corrected chi connectivity index (χ1v) is 8.29. The zero-order valence-corrected chi connectivity index (χ0v) is 14.2. The SMILES string of the molecule is C[C@H](O)CN1CCN(C(=O)c2cnnn2-c2ccccc2Cl)CC1. The largest absolute Gasteiger partial charge is 0.392 e. The summed E-state index contributed by atoms with van der Waals surface area (Å²) in [5.74, 6) is -0.114. The van der Waals surface area contributed by atoms with Gasteiger partial charge in [-0.05, 0) is 19.1 Å². The van der Waals surface area contributed by atoms with Crippen molar-refractivity contribution in [3.63, 3.8) is 0 Å². The molecule has 0 aliphatic carbocycles. The lowest BCUT2D eigenvalue weighted by Gasteiger charge is -2.35. The van der Waals surface area contributed by atoms with Gasteiger partial charge in [0.1, 0.15) is 0 Å². The topological polar surface area (TPSA) is 74.5 Å². The van der Waals surface area contributed by atoms with Gasteiger partial charge in [-0.3, -0.25) is 9.69 Å². The van der Waals surface area contributed by atoms with Gasteiger partial charge in [-0.2, -0.15) is 0 Å². The third-order valence-corrected chi connectivity index (χ3v) is 4.35. The van der Waals surface area contributed by atoms with E-state index in [0.717, 1.165) is 13.1 Å². The maximum absolute atomic E-state index is 12.8. The number of hydrogen-bond donors (Lipinski definition) is 1. The number of nitrogens with zero attached hydrogens (tertiary/aromatic N) is 5. The summed E-state index contributed by atoms with van der Waals surface area (Å²) >= 11 is 6.20. The molecule has 0 radical (unpaired) electrons. The van der Waals surface area contributed by atoms with Crippen LogP contribution < -0.4 is 0 Å². The van der Waals surface area contributed by atoms with Crippen molar-refractivity contribution < 1.29 is 9.90 Å². The van der Waals surface area contributed by atoms with Crippen LogP contribution in [0, 0.1) is 0 Å². The molecular weight excluding hydrogens is 330 g/mol. The van der Waals surface area contributed by atoms with E-state index in [1.807, 2.05) is 12.1 Å². The first kappa shape index (κ1) is 16.9. The van der Waals surface area contributed by atoms with E-state index in [9.17, 15) is 9.90 Å². The van der Waals surface area contributed by atoms with E-state index in [4.69, 9.17) is 11.6 Å². The molecule has 2 aromatic rings. The standard InChI is InChI=1S/C16H20ClN5O2/c1-12(23)11-20-6-8-21(9-7-20)16(24)15-10-18-19-22(15)14-5-3-2-4-13(14)17/h2-5,10,12,23H,6-9,11H2,1H3/t12-/m0/s1. The van der Waals surface area contributed by atoms with Crippen molar-refractivity contribution in [3.8, 4) is 5.69 Å². The second kappa shape index (κ2) is 7.29. The van der Waals surface area contributed by atoms with Crippen LogP contribution in [0.25, 0.3) is 5.69 Å². The Kier molecular flexibility index (Phi) is 5.13. The summed E-state index contributed by atoms with van der Waals surface area (Å²) < 4.78 is 1.48. The number of halogens is 1. The smallest absolute Gasteiger partial charge is 0.274 e. The molecule has 1 aromatic heterocycles. The normalized spacial score (nSPS) is 17.0. The predicted octanol–water partition coefficient (Wildman–Crippen LogP) is 1.06. The summed E-state index contributed by atoms with van der Waals surface area (Å²) in [5, 5.41) is 17.9. The van der Waals surface area contributed by atoms with Crippen LogP contribution in [0.15, 0.2) is 30.5 Å². The van der Waals surface area contributed by atoms with Gasteiger partial charge in [-0.1, -0.05) is 28.9 Å². The van der Waals surface area contributed by atoms with E-state index in [2.05, 4.69) is 15.2 Å². The molecule has 1 N–H and O–H groups in total. The molecule has 1 fully saturated rings. The molecule has 2 heterocycles. The van der Waals surface area contributed by atoms with Gasteiger partial charge in [0.05, 0.1) is 23.0 Å². The minimum atomic E-state index is -0.363. The van der Waals surface area contributed by atoms with Crippen molar-refractivity contribution in [1.82, 2.24) is 24.8 Å². The Labute approximate surface area is 145 Å². The van der Waals surface area contributed by atoms with Gasteiger partial charge in [-0.25, -0.2) is 4.68 Å². The summed E-state index contributed by atoms with van der Waals surface area (Å²) in [6.07, 6.45) is 1.10. The van der Waals surface area contributed by atoms with Crippen LogP contribution in [0.4, 0.5) is 0 Å².